The van der Waals surface area contributed by atoms with Crippen molar-refractivity contribution in [3.05, 3.63) is 90.7 Å². The van der Waals surface area contributed by atoms with Gasteiger partial charge >= 0.3 is 0 Å². The number of nitrogens with one attached hydrogen (secondary N) is 4. The number of imidazole rings is 1. The molecule has 6 heteroatoms. The van der Waals surface area contributed by atoms with Crippen molar-refractivity contribution in [2.24, 2.45) is 0 Å². The van der Waals surface area contributed by atoms with Gasteiger partial charge in [0.25, 0.3) is 0 Å². The van der Waals surface area contributed by atoms with Gasteiger partial charge in [-0.25, -0.2) is 4.98 Å². The maximum atomic E-state index is 11.1. The van der Waals surface area contributed by atoms with Crippen LogP contribution in [0.15, 0.2) is 79.3 Å². The lowest BCUT2D eigenvalue weighted by Crippen LogP contribution is -2.37. The minimum absolute atomic E-state index is 0.227. The van der Waals surface area contributed by atoms with Crippen molar-refractivity contribution < 1.29 is 4.79 Å². The van der Waals surface area contributed by atoms with Crippen molar-refractivity contribution in [3.8, 4) is 11.3 Å². The Morgan fingerprint density at radius 2 is 1.93 bits per heavy atom. The lowest BCUT2D eigenvalue weighted by Gasteiger charge is -2.20. The lowest BCUT2D eigenvalue weighted by atomic mass is 10.0. The fourth-order valence-corrected chi connectivity index (χ4v) is 3.42. The van der Waals surface area contributed by atoms with Crippen LogP contribution in [0.25, 0.3) is 22.2 Å². The molecule has 0 spiro atoms. The van der Waals surface area contributed by atoms with Gasteiger partial charge in [0.1, 0.15) is 5.82 Å². The number of amides is 1. The maximum absolute atomic E-state index is 11.1. The average Bonchev–Trinajstić information content (AvgIpc) is 3.40. The summed E-state index contributed by atoms with van der Waals surface area (Å²) in [6.45, 7) is 4.63. The van der Waals surface area contributed by atoms with E-state index in [9.17, 15) is 4.79 Å². The number of rotatable bonds is 9. The van der Waals surface area contributed by atoms with E-state index in [0.29, 0.717) is 19.4 Å². The second kappa shape index (κ2) is 8.48. The Balaban J connectivity index is 1.41. The monoisotopic (exact) mass is 385 g/mol. The van der Waals surface area contributed by atoms with Crippen LogP contribution in [-0.2, 0) is 17.8 Å². The van der Waals surface area contributed by atoms with E-state index in [1.807, 2.05) is 60.9 Å². The average molecular weight is 385 g/mol. The summed E-state index contributed by atoms with van der Waals surface area (Å²) in [6.07, 6.45) is 5.16. The normalized spacial score (nSPS) is 11.9. The second-order valence-electron chi connectivity index (χ2n) is 6.89. The topological polar surface area (TPSA) is 85.6 Å². The summed E-state index contributed by atoms with van der Waals surface area (Å²) in [7, 11) is 0. The van der Waals surface area contributed by atoms with E-state index in [2.05, 4.69) is 38.2 Å². The van der Waals surface area contributed by atoms with Gasteiger partial charge in [0.05, 0.1) is 24.5 Å². The van der Waals surface area contributed by atoms with Crippen molar-refractivity contribution in [1.29, 1.82) is 0 Å². The minimum Gasteiger partial charge on any atom is -0.380 e. The van der Waals surface area contributed by atoms with E-state index in [1.54, 1.807) is 0 Å². The van der Waals surface area contributed by atoms with Gasteiger partial charge in [-0.1, -0.05) is 55.1 Å². The van der Waals surface area contributed by atoms with E-state index in [-0.39, 0.29) is 6.04 Å². The molecule has 0 bridgehead atoms. The standard InChI is InChI=1S/C23H23N5O/c1-16(24-14-23-26-13-22(28-23)17-7-3-2-4-8-17)21(27-15-29)11-18-12-25-20-10-6-5-9-19(18)20/h2-10,12-13,15,21,24-25H,1,11,14H2,(H,26,28)(H,27,29). The first-order chi connectivity index (χ1) is 14.2. The Hall–Kier alpha value is -3.80. The van der Waals surface area contributed by atoms with Crippen LogP contribution in [0.4, 0.5) is 0 Å². The van der Waals surface area contributed by atoms with E-state index in [4.69, 9.17) is 0 Å². The maximum Gasteiger partial charge on any atom is 0.207 e. The highest BCUT2D eigenvalue weighted by atomic mass is 16.1. The van der Waals surface area contributed by atoms with E-state index in [1.165, 1.54) is 0 Å². The summed E-state index contributed by atoms with van der Waals surface area (Å²) >= 11 is 0. The smallest absolute Gasteiger partial charge is 0.207 e. The molecule has 2 aromatic heterocycles. The quantitative estimate of drug-likeness (QED) is 0.333. The molecule has 2 heterocycles. The molecule has 29 heavy (non-hydrogen) atoms. The number of carbonyl (C=O) groups is 1. The van der Waals surface area contributed by atoms with Crippen LogP contribution in [-0.4, -0.2) is 27.4 Å². The van der Waals surface area contributed by atoms with Crippen LogP contribution in [0.5, 0.6) is 0 Å². The van der Waals surface area contributed by atoms with Crippen molar-refractivity contribution in [1.82, 2.24) is 25.6 Å². The third-order valence-electron chi connectivity index (χ3n) is 4.98. The molecular formula is C23H23N5O. The fourth-order valence-electron chi connectivity index (χ4n) is 3.42. The van der Waals surface area contributed by atoms with Crippen molar-refractivity contribution in [2.75, 3.05) is 0 Å². The third kappa shape index (κ3) is 4.21. The first-order valence-electron chi connectivity index (χ1n) is 9.51. The van der Waals surface area contributed by atoms with E-state index < -0.39 is 0 Å². The van der Waals surface area contributed by atoms with E-state index in [0.717, 1.165) is 39.2 Å². The molecule has 1 amide bonds. The summed E-state index contributed by atoms with van der Waals surface area (Å²) in [5, 5.41) is 7.30. The van der Waals surface area contributed by atoms with Crippen molar-refractivity contribution in [3.63, 3.8) is 0 Å². The number of aromatic amines is 2. The van der Waals surface area contributed by atoms with Crippen LogP contribution in [0.3, 0.4) is 0 Å². The highest BCUT2D eigenvalue weighted by Gasteiger charge is 2.15. The van der Waals surface area contributed by atoms with Crippen LogP contribution in [0, 0.1) is 0 Å². The Bertz CT molecular complexity index is 1110. The number of H-pyrrole nitrogens is 2. The Labute approximate surface area is 169 Å². The van der Waals surface area contributed by atoms with Crippen LogP contribution in [0.2, 0.25) is 0 Å². The molecule has 0 aliphatic rings. The number of benzene rings is 2. The Morgan fingerprint density at radius 3 is 2.76 bits per heavy atom. The van der Waals surface area contributed by atoms with E-state index >= 15 is 0 Å². The number of aromatic nitrogens is 3. The first kappa shape index (κ1) is 18.6. The Kier molecular flexibility index (Phi) is 5.42. The largest absolute Gasteiger partial charge is 0.380 e. The number of para-hydroxylation sites is 1. The molecule has 0 aliphatic heterocycles. The predicted octanol–water partition coefficient (Wildman–Crippen LogP) is 3.52. The summed E-state index contributed by atoms with van der Waals surface area (Å²) in [5.74, 6) is 0.807. The molecule has 0 fully saturated rings. The SMILES string of the molecule is C=C(NCc1ncc(-c2ccccc2)[nH]1)C(Cc1c[nH]c2ccccc12)NC=O. The van der Waals surface area contributed by atoms with Gasteiger partial charge in [0.2, 0.25) is 6.41 Å². The first-order valence-corrected chi connectivity index (χ1v) is 9.51. The molecule has 0 radical (unpaired) electrons. The molecule has 146 valence electrons. The van der Waals surface area contributed by atoms with Crippen molar-refractivity contribution in [2.45, 2.75) is 19.0 Å². The zero-order valence-corrected chi connectivity index (χ0v) is 16.0. The molecule has 0 saturated heterocycles. The highest BCUT2D eigenvalue weighted by molar-refractivity contribution is 5.83. The highest BCUT2D eigenvalue weighted by Crippen LogP contribution is 2.20. The third-order valence-corrected chi connectivity index (χ3v) is 4.98. The molecule has 2 aromatic carbocycles. The van der Waals surface area contributed by atoms with Crippen LogP contribution in [0.1, 0.15) is 11.4 Å². The molecule has 4 aromatic rings. The van der Waals surface area contributed by atoms with Gasteiger partial charge in [0, 0.05) is 29.2 Å². The van der Waals surface area contributed by atoms with Crippen molar-refractivity contribution >= 4 is 17.3 Å². The molecule has 0 aliphatic carbocycles. The second-order valence-corrected chi connectivity index (χ2v) is 6.89. The molecular weight excluding hydrogens is 362 g/mol. The minimum atomic E-state index is -0.227. The molecule has 4 rings (SSSR count). The molecule has 6 nitrogen and oxygen atoms in total. The number of hydrogen-bond donors (Lipinski definition) is 4. The number of hydrogen-bond acceptors (Lipinski definition) is 3. The molecule has 1 unspecified atom stereocenters. The number of nitrogens with zero attached hydrogens (tertiary/aromatic N) is 1. The summed E-state index contributed by atoms with van der Waals surface area (Å²) in [4.78, 5) is 22.2. The zero-order valence-electron chi connectivity index (χ0n) is 16.0. The molecule has 1 atom stereocenters. The molecule has 0 saturated carbocycles. The number of carbonyl (C=O) groups excluding carboxylic acids is 1. The predicted molar refractivity (Wildman–Crippen MR) is 115 cm³/mol. The van der Waals surface area contributed by atoms with Crippen LogP contribution >= 0.6 is 0 Å². The summed E-state index contributed by atoms with van der Waals surface area (Å²) < 4.78 is 0. The zero-order chi connectivity index (χ0) is 20.1. The lowest BCUT2D eigenvalue weighted by molar-refractivity contribution is -0.110. The Morgan fingerprint density at radius 1 is 1.14 bits per heavy atom. The van der Waals surface area contributed by atoms with Gasteiger partial charge in [-0.3, -0.25) is 4.79 Å². The molecule has 4 N–H and O–H groups in total. The summed E-state index contributed by atoms with van der Waals surface area (Å²) in [6, 6.07) is 17.9. The number of fused-ring (bicyclic) bond motifs is 1. The van der Waals surface area contributed by atoms with Gasteiger partial charge in [-0.2, -0.15) is 0 Å². The van der Waals surface area contributed by atoms with Gasteiger partial charge in [-0.15, -0.1) is 0 Å². The summed E-state index contributed by atoms with van der Waals surface area (Å²) in [5.41, 5.74) is 5.00. The van der Waals surface area contributed by atoms with Crippen LogP contribution < -0.4 is 10.6 Å². The fraction of sp³-hybridized carbons (Fsp3) is 0.130. The van der Waals surface area contributed by atoms with Gasteiger partial charge in [0.15, 0.2) is 0 Å². The van der Waals surface area contributed by atoms with Gasteiger partial charge in [-0.05, 0) is 17.2 Å². The van der Waals surface area contributed by atoms with Gasteiger partial charge < -0.3 is 20.6 Å².